The van der Waals surface area contributed by atoms with Crippen LogP contribution in [0.2, 0.25) is 5.02 Å². The zero-order valence-corrected chi connectivity index (χ0v) is 15.2. The van der Waals surface area contributed by atoms with Crippen molar-refractivity contribution >= 4 is 24.0 Å². The fourth-order valence-electron chi connectivity index (χ4n) is 2.11. The van der Waals surface area contributed by atoms with Crippen molar-refractivity contribution < 1.29 is 9.84 Å². The van der Waals surface area contributed by atoms with Crippen LogP contribution in [0, 0.1) is 5.41 Å². The highest BCUT2D eigenvalue weighted by Crippen LogP contribution is 2.34. The minimum absolute atomic E-state index is 0. The number of ether oxygens (including phenoxy) is 1. The molecule has 1 aromatic carbocycles. The summed E-state index contributed by atoms with van der Waals surface area (Å²) in [4.78, 5) is 4.11. The summed E-state index contributed by atoms with van der Waals surface area (Å²) in [7, 11) is 0. The number of aliphatic hydroxyl groups is 1. The van der Waals surface area contributed by atoms with Crippen molar-refractivity contribution in [1.82, 2.24) is 4.98 Å². The molecule has 0 saturated carbocycles. The third-order valence-electron chi connectivity index (χ3n) is 3.91. The minimum atomic E-state index is -1.00. The van der Waals surface area contributed by atoms with Crippen molar-refractivity contribution in [2.75, 3.05) is 6.61 Å². The molecule has 0 radical (unpaired) electrons. The molecule has 1 N–H and O–H groups in total. The Labute approximate surface area is 149 Å². The van der Waals surface area contributed by atoms with Crippen molar-refractivity contribution in [3.63, 3.8) is 0 Å². The van der Waals surface area contributed by atoms with Crippen LogP contribution < -0.4 is 4.74 Å². The van der Waals surface area contributed by atoms with Gasteiger partial charge in [0.2, 0.25) is 0 Å². The first-order chi connectivity index (χ1) is 10.3. The number of aromatic nitrogens is 1. The first-order valence-corrected chi connectivity index (χ1v) is 7.68. The van der Waals surface area contributed by atoms with Crippen LogP contribution in [0.15, 0.2) is 48.8 Å². The molecule has 1 unspecified atom stereocenters. The van der Waals surface area contributed by atoms with Crippen LogP contribution in [0.25, 0.3) is 0 Å². The number of pyridine rings is 1. The Balaban J connectivity index is 0.00000264. The van der Waals surface area contributed by atoms with Gasteiger partial charge in [-0.15, -0.1) is 12.4 Å². The molecule has 0 saturated heterocycles. The lowest BCUT2D eigenvalue weighted by Gasteiger charge is -2.40. The first-order valence-electron chi connectivity index (χ1n) is 7.30. The van der Waals surface area contributed by atoms with E-state index in [1.54, 1.807) is 36.7 Å². The Bertz CT molecular complexity index is 597. The molecule has 2 rings (SSSR count). The van der Waals surface area contributed by atoms with Gasteiger partial charge in [0.25, 0.3) is 0 Å². The number of benzene rings is 1. The summed E-state index contributed by atoms with van der Waals surface area (Å²) in [6.45, 7) is 6.23. The van der Waals surface area contributed by atoms with Crippen LogP contribution in [-0.2, 0) is 6.42 Å². The summed E-state index contributed by atoms with van der Waals surface area (Å²) in [5.74, 6) is 0.693. The Morgan fingerprint density at radius 3 is 2.30 bits per heavy atom. The van der Waals surface area contributed by atoms with Crippen molar-refractivity contribution in [3.8, 4) is 5.75 Å². The minimum Gasteiger partial charge on any atom is -0.491 e. The molecule has 0 aliphatic carbocycles. The van der Waals surface area contributed by atoms with Crippen LogP contribution in [-0.4, -0.2) is 22.3 Å². The standard InChI is InChI=1S/C18H22ClNO2.ClH/c1-17(2,3)18(21,11-14-5-4-10-20-12-14)13-22-16-8-6-15(19)7-9-16;/h4-10,12,21H,11,13H2,1-3H3;1H. The fourth-order valence-corrected chi connectivity index (χ4v) is 2.23. The van der Waals surface area contributed by atoms with Gasteiger partial charge in [0.1, 0.15) is 18.0 Å². The van der Waals surface area contributed by atoms with E-state index in [1.165, 1.54) is 0 Å². The molecule has 1 atom stereocenters. The first kappa shape index (κ1) is 19.8. The number of nitrogens with zero attached hydrogens (tertiary/aromatic N) is 1. The summed E-state index contributed by atoms with van der Waals surface area (Å²) < 4.78 is 5.80. The summed E-state index contributed by atoms with van der Waals surface area (Å²) in [5, 5.41) is 11.8. The second-order valence-corrected chi connectivity index (χ2v) is 7.00. The summed E-state index contributed by atoms with van der Waals surface area (Å²) >= 11 is 5.87. The predicted octanol–water partition coefficient (Wildman–Crippen LogP) is 4.56. The third kappa shape index (κ3) is 5.38. The van der Waals surface area contributed by atoms with E-state index in [0.717, 1.165) is 5.56 Å². The topological polar surface area (TPSA) is 42.4 Å². The molecule has 1 aromatic heterocycles. The van der Waals surface area contributed by atoms with Gasteiger partial charge in [-0.05, 0) is 41.3 Å². The van der Waals surface area contributed by atoms with Crippen LogP contribution in [0.4, 0.5) is 0 Å². The Kier molecular flexibility index (Phi) is 6.87. The highest BCUT2D eigenvalue weighted by Gasteiger charge is 2.41. The zero-order valence-electron chi connectivity index (χ0n) is 13.6. The molecule has 0 fully saturated rings. The average Bonchev–Trinajstić information content (AvgIpc) is 2.46. The molecule has 1 heterocycles. The van der Waals surface area contributed by atoms with E-state index >= 15 is 0 Å². The Hall–Kier alpha value is -1.29. The third-order valence-corrected chi connectivity index (χ3v) is 4.16. The molecule has 0 bridgehead atoms. The van der Waals surface area contributed by atoms with E-state index in [2.05, 4.69) is 4.98 Å². The molecular formula is C18H23Cl2NO2. The van der Waals surface area contributed by atoms with Crippen LogP contribution in [0.1, 0.15) is 26.3 Å². The van der Waals surface area contributed by atoms with Gasteiger partial charge in [0.05, 0.1) is 0 Å². The molecule has 0 spiro atoms. The predicted molar refractivity (Wildman–Crippen MR) is 96.5 cm³/mol. The highest BCUT2D eigenvalue weighted by molar-refractivity contribution is 6.30. The number of rotatable bonds is 5. The van der Waals surface area contributed by atoms with Crippen LogP contribution in [0.5, 0.6) is 5.75 Å². The van der Waals surface area contributed by atoms with Gasteiger partial charge >= 0.3 is 0 Å². The van der Waals surface area contributed by atoms with Crippen molar-refractivity contribution in [1.29, 1.82) is 0 Å². The van der Waals surface area contributed by atoms with Crippen molar-refractivity contribution in [2.24, 2.45) is 5.41 Å². The molecule has 0 amide bonds. The molecular weight excluding hydrogens is 333 g/mol. The van der Waals surface area contributed by atoms with Crippen molar-refractivity contribution in [2.45, 2.75) is 32.8 Å². The van der Waals surface area contributed by atoms with E-state index in [-0.39, 0.29) is 24.4 Å². The Morgan fingerprint density at radius 2 is 1.78 bits per heavy atom. The van der Waals surface area contributed by atoms with Gasteiger partial charge < -0.3 is 9.84 Å². The van der Waals surface area contributed by atoms with Gasteiger partial charge in [-0.3, -0.25) is 4.98 Å². The maximum Gasteiger partial charge on any atom is 0.119 e. The molecule has 2 aromatic rings. The normalized spacial score (nSPS) is 13.8. The second-order valence-electron chi connectivity index (χ2n) is 6.56. The van der Waals surface area contributed by atoms with Crippen LogP contribution in [0.3, 0.4) is 0 Å². The van der Waals surface area contributed by atoms with Gasteiger partial charge in [0, 0.05) is 23.8 Å². The number of hydrogen-bond acceptors (Lipinski definition) is 3. The van der Waals surface area contributed by atoms with E-state index in [1.807, 2.05) is 32.9 Å². The smallest absolute Gasteiger partial charge is 0.119 e. The van der Waals surface area contributed by atoms with Gasteiger partial charge in [-0.1, -0.05) is 38.4 Å². The summed E-state index contributed by atoms with van der Waals surface area (Å²) in [6.07, 6.45) is 3.99. The molecule has 23 heavy (non-hydrogen) atoms. The number of halogens is 2. The summed E-state index contributed by atoms with van der Waals surface area (Å²) in [5.41, 5.74) is -0.357. The quantitative estimate of drug-likeness (QED) is 0.854. The average molecular weight is 356 g/mol. The highest BCUT2D eigenvalue weighted by atomic mass is 35.5. The zero-order chi connectivity index (χ0) is 16.2. The molecule has 126 valence electrons. The SMILES string of the molecule is CC(C)(C)C(O)(COc1ccc(Cl)cc1)Cc1cccnc1.Cl. The van der Waals surface area contributed by atoms with E-state index in [0.29, 0.717) is 17.2 Å². The van der Waals surface area contributed by atoms with E-state index in [4.69, 9.17) is 16.3 Å². The molecule has 0 aliphatic rings. The number of hydrogen-bond donors (Lipinski definition) is 1. The van der Waals surface area contributed by atoms with E-state index < -0.39 is 5.60 Å². The van der Waals surface area contributed by atoms with Gasteiger partial charge in [-0.2, -0.15) is 0 Å². The van der Waals surface area contributed by atoms with Crippen molar-refractivity contribution in [3.05, 3.63) is 59.4 Å². The van der Waals surface area contributed by atoms with Gasteiger partial charge in [-0.25, -0.2) is 0 Å². The maximum atomic E-state index is 11.1. The largest absolute Gasteiger partial charge is 0.491 e. The monoisotopic (exact) mass is 355 g/mol. The van der Waals surface area contributed by atoms with Crippen LogP contribution >= 0.6 is 24.0 Å². The second kappa shape index (κ2) is 8.00. The summed E-state index contributed by atoms with van der Waals surface area (Å²) in [6, 6.07) is 11.0. The molecule has 0 aliphatic heterocycles. The molecule has 3 nitrogen and oxygen atoms in total. The Morgan fingerprint density at radius 1 is 1.13 bits per heavy atom. The van der Waals surface area contributed by atoms with E-state index in [9.17, 15) is 5.11 Å². The fraction of sp³-hybridized carbons (Fsp3) is 0.389. The maximum absolute atomic E-state index is 11.1. The lowest BCUT2D eigenvalue weighted by atomic mass is 9.73. The lowest BCUT2D eigenvalue weighted by molar-refractivity contribution is -0.0871. The van der Waals surface area contributed by atoms with Gasteiger partial charge in [0.15, 0.2) is 0 Å². The lowest BCUT2D eigenvalue weighted by Crippen LogP contribution is -2.49. The molecule has 5 heteroatoms.